The van der Waals surface area contributed by atoms with Crippen LogP contribution in [0.4, 0.5) is 0 Å². The molecule has 2 N–H and O–H groups in total. The van der Waals surface area contributed by atoms with E-state index in [9.17, 15) is 0 Å². The van der Waals surface area contributed by atoms with Crippen LogP contribution in [0.15, 0.2) is 36.7 Å². The lowest BCUT2D eigenvalue weighted by Gasteiger charge is -2.06. The molecule has 0 aliphatic heterocycles. The first-order chi connectivity index (χ1) is 8.78. The van der Waals surface area contributed by atoms with E-state index in [1.165, 1.54) is 5.56 Å². The minimum absolute atomic E-state index is 0.518. The SMILES string of the molecule is Cc1cncc(Oc2ccc(CCCN)cc2)n1. The van der Waals surface area contributed by atoms with Crippen molar-refractivity contribution in [1.82, 2.24) is 9.97 Å². The molecule has 0 fully saturated rings. The molecule has 2 aromatic rings. The number of hydrogen-bond donors (Lipinski definition) is 1. The van der Waals surface area contributed by atoms with Crippen molar-refractivity contribution in [3.63, 3.8) is 0 Å². The molecule has 0 radical (unpaired) electrons. The molecule has 0 saturated heterocycles. The van der Waals surface area contributed by atoms with Crippen molar-refractivity contribution < 1.29 is 4.74 Å². The third-order valence-corrected chi connectivity index (χ3v) is 2.55. The second-order valence-electron chi connectivity index (χ2n) is 4.14. The highest BCUT2D eigenvalue weighted by atomic mass is 16.5. The van der Waals surface area contributed by atoms with Gasteiger partial charge in [0.05, 0.1) is 11.9 Å². The Morgan fingerprint density at radius 3 is 2.61 bits per heavy atom. The Balaban J connectivity index is 2.02. The first kappa shape index (κ1) is 12.5. The highest BCUT2D eigenvalue weighted by Crippen LogP contribution is 2.19. The molecule has 0 amide bonds. The summed E-state index contributed by atoms with van der Waals surface area (Å²) in [5.74, 6) is 1.29. The summed E-state index contributed by atoms with van der Waals surface area (Å²) in [4.78, 5) is 8.28. The van der Waals surface area contributed by atoms with E-state index in [0.29, 0.717) is 5.88 Å². The standard InChI is InChI=1S/C14H17N3O/c1-11-9-16-10-14(17-11)18-13-6-4-12(5-7-13)3-2-8-15/h4-7,9-10H,2-3,8,15H2,1H3. The van der Waals surface area contributed by atoms with Crippen molar-refractivity contribution in [3.05, 3.63) is 47.9 Å². The second kappa shape index (κ2) is 6.12. The third-order valence-electron chi connectivity index (χ3n) is 2.55. The highest BCUT2D eigenvalue weighted by molar-refractivity contribution is 5.30. The van der Waals surface area contributed by atoms with Crippen LogP contribution in [0.3, 0.4) is 0 Å². The normalized spacial score (nSPS) is 10.3. The van der Waals surface area contributed by atoms with E-state index in [2.05, 4.69) is 9.97 Å². The monoisotopic (exact) mass is 243 g/mol. The van der Waals surface area contributed by atoms with Crippen LogP contribution < -0.4 is 10.5 Å². The minimum atomic E-state index is 0.518. The molecule has 0 aliphatic carbocycles. The smallest absolute Gasteiger partial charge is 0.238 e. The van der Waals surface area contributed by atoms with Crippen molar-refractivity contribution in [2.45, 2.75) is 19.8 Å². The number of ether oxygens (including phenoxy) is 1. The summed E-state index contributed by atoms with van der Waals surface area (Å²) >= 11 is 0. The van der Waals surface area contributed by atoms with Crippen LogP contribution in [-0.2, 0) is 6.42 Å². The summed E-state index contributed by atoms with van der Waals surface area (Å²) in [5, 5.41) is 0. The van der Waals surface area contributed by atoms with Gasteiger partial charge in [0.1, 0.15) is 5.75 Å². The lowest BCUT2D eigenvalue weighted by Crippen LogP contribution is -2.00. The molecule has 1 aromatic heterocycles. The van der Waals surface area contributed by atoms with E-state index < -0.39 is 0 Å². The van der Waals surface area contributed by atoms with Gasteiger partial charge in [-0.25, -0.2) is 4.98 Å². The molecule has 18 heavy (non-hydrogen) atoms. The molecule has 0 atom stereocenters. The average molecular weight is 243 g/mol. The van der Waals surface area contributed by atoms with Gasteiger partial charge in [0.15, 0.2) is 0 Å². The third kappa shape index (κ3) is 3.53. The number of aromatic nitrogens is 2. The molecule has 0 unspecified atom stereocenters. The predicted molar refractivity (Wildman–Crippen MR) is 70.7 cm³/mol. The molecular formula is C14H17N3O. The summed E-state index contributed by atoms with van der Waals surface area (Å²) < 4.78 is 5.62. The Bertz CT molecular complexity index is 497. The fraction of sp³-hybridized carbons (Fsp3) is 0.286. The summed E-state index contributed by atoms with van der Waals surface area (Å²) in [6.45, 7) is 2.60. The van der Waals surface area contributed by atoms with Gasteiger partial charge in [0.25, 0.3) is 0 Å². The Labute approximate surface area is 107 Å². The maximum Gasteiger partial charge on any atom is 0.238 e. The number of nitrogens with two attached hydrogens (primary N) is 1. The molecule has 4 nitrogen and oxygen atoms in total. The van der Waals surface area contributed by atoms with Crippen molar-refractivity contribution in [1.29, 1.82) is 0 Å². The van der Waals surface area contributed by atoms with Crippen molar-refractivity contribution >= 4 is 0 Å². The van der Waals surface area contributed by atoms with E-state index in [1.54, 1.807) is 12.4 Å². The molecule has 1 heterocycles. The zero-order valence-electron chi connectivity index (χ0n) is 10.5. The van der Waals surface area contributed by atoms with Crippen LogP contribution in [-0.4, -0.2) is 16.5 Å². The second-order valence-corrected chi connectivity index (χ2v) is 4.14. The van der Waals surface area contributed by atoms with Crippen LogP contribution in [0, 0.1) is 6.92 Å². The summed E-state index contributed by atoms with van der Waals surface area (Å²) in [6.07, 6.45) is 5.31. The number of hydrogen-bond acceptors (Lipinski definition) is 4. The van der Waals surface area contributed by atoms with Crippen LogP contribution in [0.25, 0.3) is 0 Å². The first-order valence-corrected chi connectivity index (χ1v) is 6.03. The molecule has 2 rings (SSSR count). The van der Waals surface area contributed by atoms with Crippen LogP contribution in [0.1, 0.15) is 17.7 Å². The summed E-state index contributed by atoms with van der Waals surface area (Å²) in [7, 11) is 0. The van der Waals surface area contributed by atoms with Crippen LogP contribution >= 0.6 is 0 Å². The maximum absolute atomic E-state index is 5.62. The molecule has 4 heteroatoms. The van der Waals surface area contributed by atoms with E-state index in [4.69, 9.17) is 10.5 Å². The topological polar surface area (TPSA) is 61.0 Å². The quantitative estimate of drug-likeness (QED) is 0.876. The van der Waals surface area contributed by atoms with Gasteiger partial charge >= 0.3 is 0 Å². The lowest BCUT2D eigenvalue weighted by molar-refractivity contribution is 0.458. The molecule has 0 spiro atoms. The molecule has 94 valence electrons. The number of benzene rings is 1. The van der Waals surface area contributed by atoms with Crippen molar-refractivity contribution in [2.75, 3.05) is 6.54 Å². The number of nitrogens with zero attached hydrogens (tertiary/aromatic N) is 2. The van der Waals surface area contributed by atoms with Gasteiger partial charge < -0.3 is 10.5 Å². The van der Waals surface area contributed by atoms with Gasteiger partial charge in [0.2, 0.25) is 5.88 Å². The Morgan fingerprint density at radius 2 is 1.94 bits per heavy atom. The predicted octanol–water partition coefficient (Wildman–Crippen LogP) is 2.47. The van der Waals surface area contributed by atoms with Gasteiger partial charge in [-0.2, -0.15) is 0 Å². The fourth-order valence-electron chi connectivity index (χ4n) is 1.64. The van der Waals surface area contributed by atoms with Gasteiger partial charge in [-0.1, -0.05) is 12.1 Å². The highest BCUT2D eigenvalue weighted by Gasteiger charge is 2.00. The first-order valence-electron chi connectivity index (χ1n) is 6.03. The van der Waals surface area contributed by atoms with Gasteiger partial charge in [-0.15, -0.1) is 0 Å². The Kier molecular flexibility index (Phi) is 4.25. The fourth-order valence-corrected chi connectivity index (χ4v) is 1.64. The minimum Gasteiger partial charge on any atom is -0.437 e. The Morgan fingerprint density at radius 1 is 1.17 bits per heavy atom. The molecule has 1 aromatic carbocycles. The van der Waals surface area contributed by atoms with Gasteiger partial charge in [-0.3, -0.25) is 4.98 Å². The van der Waals surface area contributed by atoms with Crippen LogP contribution in [0.2, 0.25) is 0 Å². The lowest BCUT2D eigenvalue weighted by atomic mass is 10.1. The zero-order valence-corrected chi connectivity index (χ0v) is 10.5. The molecule has 0 saturated carbocycles. The van der Waals surface area contributed by atoms with Crippen molar-refractivity contribution in [3.8, 4) is 11.6 Å². The van der Waals surface area contributed by atoms with Gasteiger partial charge in [-0.05, 0) is 44.0 Å². The van der Waals surface area contributed by atoms with E-state index in [-0.39, 0.29) is 0 Å². The van der Waals surface area contributed by atoms with Crippen molar-refractivity contribution in [2.24, 2.45) is 5.73 Å². The number of rotatable bonds is 5. The van der Waals surface area contributed by atoms with E-state index >= 15 is 0 Å². The number of aryl methyl sites for hydroxylation is 2. The largest absolute Gasteiger partial charge is 0.437 e. The molecular weight excluding hydrogens is 226 g/mol. The van der Waals surface area contributed by atoms with Gasteiger partial charge in [0, 0.05) is 6.20 Å². The van der Waals surface area contributed by atoms with E-state index in [1.807, 2.05) is 31.2 Å². The van der Waals surface area contributed by atoms with E-state index in [0.717, 1.165) is 30.8 Å². The van der Waals surface area contributed by atoms with Crippen LogP contribution in [0.5, 0.6) is 11.6 Å². The summed E-state index contributed by atoms with van der Waals surface area (Å²) in [6, 6.07) is 7.98. The molecule has 0 aliphatic rings. The molecule has 0 bridgehead atoms. The zero-order chi connectivity index (χ0) is 12.8. The Hall–Kier alpha value is -1.94. The maximum atomic E-state index is 5.62. The summed E-state index contributed by atoms with van der Waals surface area (Å²) in [5.41, 5.74) is 7.59. The average Bonchev–Trinajstić information content (AvgIpc) is 2.38.